The van der Waals surface area contributed by atoms with Gasteiger partial charge in [0.05, 0.1) is 0 Å². The molecule has 1 saturated heterocycles. The normalized spacial score (nSPS) is 15.9. The molecule has 0 bridgehead atoms. The predicted molar refractivity (Wildman–Crippen MR) is 142 cm³/mol. The van der Waals surface area contributed by atoms with Gasteiger partial charge in [0.25, 0.3) is 5.91 Å². The van der Waals surface area contributed by atoms with Crippen LogP contribution in [0.3, 0.4) is 0 Å². The van der Waals surface area contributed by atoms with Gasteiger partial charge in [-0.15, -0.1) is 0 Å². The van der Waals surface area contributed by atoms with E-state index in [1.165, 1.54) is 16.7 Å². The summed E-state index contributed by atoms with van der Waals surface area (Å²) in [7, 11) is 0. The zero-order valence-corrected chi connectivity index (χ0v) is 20.6. The molecule has 3 aromatic carbocycles. The fourth-order valence-corrected chi connectivity index (χ4v) is 5.12. The minimum absolute atomic E-state index is 0.0103. The van der Waals surface area contributed by atoms with Crippen molar-refractivity contribution in [1.82, 2.24) is 14.8 Å². The minimum atomic E-state index is 0.0103. The molecule has 1 amide bonds. The summed E-state index contributed by atoms with van der Waals surface area (Å²) in [5, 5.41) is 3.37. The van der Waals surface area contributed by atoms with E-state index >= 15 is 0 Å². The van der Waals surface area contributed by atoms with Crippen LogP contribution >= 0.6 is 0 Å². The van der Waals surface area contributed by atoms with Crippen molar-refractivity contribution in [2.24, 2.45) is 0 Å². The molecule has 0 saturated carbocycles. The Bertz CT molecular complexity index is 1280. The number of carbonyl (C=O) groups is 1. The lowest BCUT2D eigenvalue weighted by molar-refractivity contribution is 0.0929. The van der Waals surface area contributed by atoms with Crippen molar-refractivity contribution in [3.63, 3.8) is 0 Å². The summed E-state index contributed by atoms with van der Waals surface area (Å²) < 4.78 is 2.12. The van der Waals surface area contributed by atoms with Crippen LogP contribution in [0.1, 0.15) is 39.2 Å². The number of aromatic nitrogens is 1. The quantitative estimate of drug-likeness (QED) is 0.375. The van der Waals surface area contributed by atoms with Gasteiger partial charge in [0.2, 0.25) is 0 Å². The molecule has 1 aliphatic heterocycles. The van der Waals surface area contributed by atoms with Gasteiger partial charge in [-0.25, -0.2) is 0 Å². The fraction of sp³-hybridized carbons (Fsp3) is 0.258. The molecule has 4 aromatic rings. The number of rotatable bonds is 7. The van der Waals surface area contributed by atoms with Crippen LogP contribution in [0, 0.1) is 13.8 Å². The van der Waals surface area contributed by atoms with E-state index in [2.05, 4.69) is 102 Å². The highest BCUT2D eigenvalue weighted by Crippen LogP contribution is 2.30. The molecule has 2 heterocycles. The highest BCUT2D eigenvalue weighted by molar-refractivity contribution is 6.00. The Balaban J connectivity index is 1.39. The number of aryl methyl sites for hydroxylation is 2. The summed E-state index contributed by atoms with van der Waals surface area (Å²) >= 11 is 0. The second-order valence-electron chi connectivity index (χ2n) is 9.70. The largest absolute Gasteiger partial charge is 0.347 e. The predicted octanol–water partition coefficient (Wildman–Crippen LogP) is 5.82. The third kappa shape index (κ3) is 5.39. The molecule has 0 radical (unpaired) electrons. The van der Waals surface area contributed by atoms with E-state index in [0.29, 0.717) is 6.54 Å². The number of nitrogens with zero attached hydrogens (tertiary/aromatic N) is 2. The lowest BCUT2D eigenvalue weighted by Gasteiger charge is -2.18. The highest BCUT2D eigenvalue weighted by atomic mass is 16.2. The first-order valence-corrected chi connectivity index (χ1v) is 12.4. The van der Waals surface area contributed by atoms with E-state index < -0.39 is 0 Å². The van der Waals surface area contributed by atoms with E-state index in [1.54, 1.807) is 0 Å². The van der Waals surface area contributed by atoms with Gasteiger partial charge in [-0.1, -0.05) is 90.5 Å². The summed E-state index contributed by atoms with van der Waals surface area (Å²) in [4.78, 5) is 16.2. The maximum atomic E-state index is 13.8. The van der Waals surface area contributed by atoms with Crippen molar-refractivity contribution in [3.8, 4) is 11.1 Å². The smallest absolute Gasteiger partial charge is 0.268 e. The first kappa shape index (κ1) is 23.1. The number of carbonyl (C=O) groups excluding carboxylic acids is 1. The van der Waals surface area contributed by atoms with Crippen molar-refractivity contribution in [1.29, 1.82) is 0 Å². The number of likely N-dealkylation sites (tertiary alicyclic amines) is 1. The number of benzene rings is 3. The first-order valence-electron chi connectivity index (χ1n) is 12.4. The first-order chi connectivity index (χ1) is 17.1. The third-order valence-electron chi connectivity index (χ3n) is 6.88. The van der Waals surface area contributed by atoms with Gasteiger partial charge in [0.15, 0.2) is 0 Å². The fourth-order valence-electron chi connectivity index (χ4n) is 5.12. The Morgan fingerprint density at radius 2 is 1.49 bits per heavy atom. The zero-order chi connectivity index (χ0) is 24.2. The van der Waals surface area contributed by atoms with E-state index in [1.807, 2.05) is 18.2 Å². The minimum Gasteiger partial charge on any atom is -0.347 e. The van der Waals surface area contributed by atoms with Crippen molar-refractivity contribution in [2.45, 2.75) is 39.4 Å². The van der Waals surface area contributed by atoms with Crippen LogP contribution in [-0.2, 0) is 13.1 Å². The average molecular weight is 464 g/mol. The summed E-state index contributed by atoms with van der Waals surface area (Å²) in [5.74, 6) is 0.0103. The monoisotopic (exact) mass is 463 g/mol. The lowest BCUT2D eigenvalue weighted by atomic mass is 10.0. The number of amides is 1. The Labute approximate surface area is 208 Å². The van der Waals surface area contributed by atoms with Gasteiger partial charge in [-0.05, 0) is 42.5 Å². The molecule has 0 aliphatic carbocycles. The highest BCUT2D eigenvalue weighted by Gasteiger charge is 2.27. The summed E-state index contributed by atoms with van der Waals surface area (Å²) in [6.07, 6.45) is 3.09. The Kier molecular flexibility index (Phi) is 6.82. The topological polar surface area (TPSA) is 37.3 Å². The van der Waals surface area contributed by atoms with Gasteiger partial charge < -0.3 is 9.88 Å². The molecule has 4 nitrogen and oxygen atoms in total. The van der Waals surface area contributed by atoms with Crippen molar-refractivity contribution >= 4 is 5.91 Å². The molecule has 4 heteroatoms. The summed E-state index contributed by atoms with van der Waals surface area (Å²) in [6, 6.07) is 29.5. The van der Waals surface area contributed by atoms with Gasteiger partial charge in [0, 0.05) is 44.0 Å². The molecule has 1 unspecified atom stereocenters. The Morgan fingerprint density at radius 1 is 0.857 bits per heavy atom. The molecular formula is C31H33N3O. The van der Waals surface area contributed by atoms with Crippen LogP contribution in [0.15, 0.2) is 91.1 Å². The van der Waals surface area contributed by atoms with E-state index in [9.17, 15) is 4.79 Å². The molecule has 1 aromatic heterocycles. The Hall–Kier alpha value is -3.63. The third-order valence-corrected chi connectivity index (χ3v) is 6.88. The second kappa shape index (κ2) is 10.3. The molecule has 1 atom stereocenters. The SMILES string of the molecule is Cc1ccc(-c2c(C)cn(Cc3ccccc3)c2C(=O)NC2CCN(Cc3ccccc3)C2)cc1. The number of hydrogen-bond acceptors (Lipinski definition) is 2. The maximum Gasteiger partial charge on any atom is 0.268 e. The van der Waals surface area contributed by atoms with Crippen LogP contribution in [0.5, 0.6) is 0 Å². The van der Waals surface area contributed by atoms with Crippen LogP contribution in [0.2, 0.25) is 0 Å². The average Bonchev–Trinajstić information content (AvgIpc) is 3.44. The molecule has 1 N–H and O–H groups in total. The van der Waals surface area contributed by atoms with Crippen LogP contribution < -0.4 is 5.32 Å². The van der Waals surface area contributed by atoms with Gasteiger partial charge in [-0.3, -0.25) is 9.69 Å². The van der Waals surface area contributed by atoms with Gasteiger partial charge >= 0.3 is 0 Å². The van der Waals surface area contributed by atoms with Crippen LogP contribution in [0.4, 0.5) is 0 Å². The summed E-state index contributed by atoms with van der Waals surface area (Å²) in [5.41, 5.74) is 7.68. The molecule has 178 valence electrons. The number of hydrogen-bond donors (Lipinski definition) is 1. The van der Waals surface area contributed by atoms with E-state index in [4.69, 9.17) is 0 Å². The maximum absolute atomic E-state index is 13.8. The van der Waals surface area contributed by atoms with Crippen LogP contribution in [-0.4, -0.2) is 34.5 Å². The van der Waals surface area contributed by atoms with Crippen molar-refractivity contribution < 1.29 is 4.79 Å². The molecule has 0 spiro atoms. The van der Waals surface area contributed by atoms with Crippen molar-refractivity contribution in [2.75, 3.05) is 13.1 Å². The van der Waals surface area contributed by atoms with Crippen LogP contribution in [0.25, 0.3) is 11.1 Å². The molecular weight excluding hydrogens is 430 g/mol. The molecule has 1 aliphatic rings. The molecule has 35 heavy (non-hydrogen) atoms. The Morgan fingerprint density at radius 3 is 2.14 bits per heavy atom. The number of nitrogens with one attached hydrogen (secondary N) is 1. The van der Waals surface area contributed by atoms with Gasteiger partial charge in [0.1, 0.15) is 5.69 Å². The standard InChI is InChI=1S/C31H33N3O/c1-23-13-15-27(16-14-23)29-24(2)19-34(21-26-11-7-4-8-12-26)30(29)31(35)32-28-17-18-33(22-28)20-25-9-5-3-6-10-25/h3-16,19,28H,17-18,20-22H2,1-2H3,(H,32,35). The van der Waals surface area contributed by atoms with E-state index in [0.717, 1.165) is 48.4 Å². The summed E-state index contributed by atoms with van der Waals surface area (Å²) in [6.45, 7) is 7.65. The zero-order valence-electron chi connectivity index (χ0n) is 20.6. The van der Waals surface area contributed by atoms with Crippen molar-refractivity contribution in [3.05, 3.63) is 119 Å². The lowest BCUT2D eigenvalue weighted by Crippen LogP contribution is -2.38. The van der Waals surface area contributed by atoms with E-state index in [-0.39, 0.29) is 11.9 Å². The molecule has 5 rings (SSSR count). The second-order valence-corrected chi connectivity index (χ2v) is 9.70. The van der Waals surface area contributed by atoms with Gasteiger partial charge in [-0.2, -0.15) is 0 Å². The molecule has 1 fully saturated rings.